The number of benzene rings is 2. The molecule has 1 aliphatic heterocycles. The fourth-order valence-corrected chi connectivity index (χ4v) is 2.59. The van der Waals surface area contributed by atoms with Gasteiger partial charge in [-0.3, -0.25) is 0 Å². The van der Waals surface area contributed by atoms with Gasteiger partial charge in [0.05, 0.1) is 5.56 Å². The minimum Gasteiger partial charge on any atom is -0.402 e. The Balaban J connectivity index is 1.96. The molecule has 3 nitrogen and oxygen atoms in total. The van der Waals surface area contributed by atoms with Gasteiger partial charge in [0.2, 0.25) is 5.90 Å². The number of hydrogen-bond donors (Lipinski definition) is 0. The topological polar surface area (TPSA) is 38.7 Å². The summed E-state index contributed by atoms with van der Waals surface area (Å²) in [6.45, 7) is 0. The normalized spacial score (nSPS) is 16.0. The highest BCUT2D eigenvalue weighted by Crippen LogP contribution is 2.24. The van der Waals surface area contributed by atoms with Crippen LogP contribution >= 0.6 is 31.9 Å². The third kappa shape index (κ3) is 3.14. The van der Waals surface area contributed by atoms with Gasteiger partial charge in [-0.1, -0.05) is 40.2 Å². The SMILES string of the molecule is O=C1OC(c2ccccc2Br)=N/C1=C\c1ccc(Br)cc1. The van der Waals surface area contributed by atoms with Crippen molar-refractivity contribution in [2.75, 3.05) is 0 Å². The molecule has 0 saturated carbocycles. The van der Waals surface area contributed by atoms with E-state index < -0.39 is 5.97 Å². The summed E-state index contributed by atoms with van der Waals surface area (Å²) < 4.78 is 7.06. The van der Waals surface area contributed by atoms with E-state index in [2.05, 4.69) is 36.9 Å². The molecule has 0 aromatic heterocycles. The van der Waals surface area contributed by atoms with Gasteiger partial charge in [0.15, 0.2) is 5.70 Å². The maximum atomic E-state index is 11.9. The Kier molecular flexibility index (Phi) is 4.03. The van der Waals surface area contributed by atoms with Crippen LogP contribution in [0, 0.1) is 0 Å². The highest BCUT2D eigenvalue weighted by atomic mass is 79.9. The predicted octanol–water partition coefficient (Wildman–Crippen LogP) is 4.56. The lowest BCUT2D eigenvalue weighted by molar-refractivity contribution is -0.129. The molecule has 0 saturated heterocycles. The molecule has 3 rings (SSSR count). The average Bonchev–Trinajstić information content (AvgIpc) is 2.83. The van der Waals surface area contributed by atoms with Crippen LogP contribution in [0.5, 0.6) is 0 Å². The van der Waals surface area contributed by atoms with Crippen molar-refractivity contribution < 1.29 is 9.53 Å². The van der Waals surface area contributed by atoms with Crippen molar-refractivity contribution in [1.82, 2.24) is 0 Å². The molecule has 0 N–H and O–H groups in total. The number of nitrogens with zero attached hydrogens (tertiary/aromatic N) is 1. The van der Waals surface area contributed by atoms with Gasteiger partial charge in [-0.25, -0.2) is 9.79 Å². The Morgan fingerprint density at radius 1 is 1.00 bits per heavy atom. The van der Waals surface area contributed by atoms with Crippen LogP contribution in [0.4, 0.5) is 0 Å². The van der Waals surface area contributed by atoms with Crippen molar-refractivity contribution in [2.24, 2.45) is 4.99 Å². The molecule has 1 heterocycles. The standard InChI is InChI=1S/C16H9Br2NO2/c17-11-7-5-10(6-8-11)9-14-16(20)21-15(19-14)12-3-1-2-4-13(12)18/h1-9H/b14-9-. The summed E-state index contributed by atoms with van der Waals surface area (Å²) in [6.07, 6.45) is 1.71. The number of rotatable bonds is 2. The monoisotopic (exact) mass is 405 g/mol. The molecule has 0 spiro atoms. The zero-order valence-electron chi connectivity index (χ0n) is 10.7. The van der Waals surface area contributed by atoms with E-state index in [1.807, 2.05) is 48.5 Å². The van der Waals surface area contributed by atoms with E-state index in [1.165, 1.54) is 0 Å². The van der Waals surface area contributed by atoms with Crippen LogP contribution in [0.3, 0.4) is 0 Å². The smallest absolute Gasteiger partial charge is 0.363 e. The molecular weight excluding hydrogens is 398 g/mol. The van der Waals surface area contributed by atoms with E-state index in [4.69, 9.17) is 4.74 Å². The zero-order chi connectivity index (χ0) is 14.8. The summed E-state index contributed by atoms with van der Waals surface area (Å²) in [6, 6.07) is 15.1. The van der Waals surface area contributed by atoms with Crippen molar-refractivity contribution in [3.05, 3.63) is 74.3 Å². The summed E-state index contributed by atoms with van der Waals surface area (Å²) >= 11 is 6.80. The second-order valence-corrected chi connectivity index (χ2v) is 6.14. The Hall–Kier alpha value is -1.72. The largest absolute Gasteiger partial charge is 0.402 e. The molecule has 0 atom stereocenters. The fraction of sp³-hybridized carbons (Fsp3) is 0. The summed E-state index contributed by atoms with van der Waals surface area (Å²) in [5.41, 5.74) is 1.94. The van der Waals surface area contributed by atoms with Gasteiger partial charge in [-0.05, 0) is 51.8 Å². The van der Waals surface area contributed by atoms with Crippen LogP contribution in [0.2, 0.25) is 0 Å². The van der Waals surface area contributed by atoms with Crippen LogP contribution in [-0.2, 0) is 9.53 Å². The van der Waals surface area contributed by atoms with Crippen molar-refractivity contribution in [3.63, 3.8) is 0 Å². The van der Waals surface area contributed by atoms with Gasteiger partial charge >= 0.3 is 5.97 Å². The molecule has 21 heavy (non-hydrogen) atoms. The van der Waals surface area contributed by atoms with Gasteiger partial charge in [-0.15, -0.1) is 0 Å². The first-order valence-corrected chi connectivity index (χ1v) is 7.75. The molecule has 1 aliphatic rings. The Morgan fingerprint density at radius 2 is 1.71 bits per heavy atom. The van der Waals surface area contributed by atoms with Crippen LogP contribution in [0.1, 0.15) is 11.1 Å². The number of carbonyl (C=O) groups is 1. The van der Waals surface area contributed by atoms with Gasteiger partial charge < -0.3 is 4.74 Å². The summed E-state index contributed by atoms with van der Waals surface area (Å²) in [5, 5.41) is 0. The van der Waals surface area contributed by atoms with E-state index in [-0.39, 0.29) is 0 Å². The lowest BCUT2D eigenvalue weighted by atomic mass is 10.2. The lowest BCUT2D eigenvalue weighted by Crippen LogP contribution is -2.05. The molecule has 0 amide bonds. The Labute approximate surface area is 138 Å². The summed E-state index contributed by atoms with van der Waals surface area (Å²) in [7, 11) is 0. The number of ether oxygens (including phenoxy) is 1. The second kappa shape index (κ2) is 5.95. The van der Waals surface area contributed by atoms with Gasteiger partial charge in [0.1, 0.15) is 0 Å². The molecule has 0 fully saturated rings. The fourth-order valence-electron chi connectivity index (χ4n) is 1.88. The van der Waals surface area contributed by atoms with E-state index >= 15 is 0 Å². The number of carbonyl (C=O) groups excluding carboxylic acids is 1. The first-order chi connectivity index (χ1) is 10.1. The molecule has 0 radical (unpaired) electrons. The Bertz CT molecular complexity index is 764. The maximum Gasteiger partial charge on any atom is 0.363 e. The average molecular weight is 407 g/mol. The van der Waals surface area contributed by atoms with Gasteiger partial charge in [0, 0.05) is 8.95 Å². The number of hydrogen-bond acceptors (Lipinski definition) is 3. The minimum atomic E-state index is -0.441. The molecule has 2 aromatic carbocycles. The third-order valence-electron chi connectivity index (χ3n) is 2.90. The number of esters is 1. The number of aliphatic imine (C=N–C) groups is 1. The molecule has 0 aliphatic carbocycles. The highest BCUT2D eigenvalue weighted by Gasteiger charge is 2.25. The third-order valence-corrected chi connectivity index (χ3v) is 4.12. The predicted molar refractivity (Wildman–Crippen MR) is 88.9 cm³/mol. The molecule has 104 valence electrons. The maximum absolute atomic E-state index is 11.9. The quantitative estimate of drug-likeness (QED) is 0.541. The first kappa shape index (κ1) is 14.2. The van der Waals surface area contributed by atoms with Crippen molar-refractivity contribution in [3.8, 4) is 0 Å². The van der Waals surface area contributed by atoms with Crippen LogP contribution < -0.4 is 0 Å². The summed E-state index contributed by atoms with van der Waals surface area (Å²) in [4.78, 5) is 16.2. The molecule has 5 heteroatoms. The van der Waals surface area contributed by atoms with E-state index in [9.17, 15) is 4.79 Å². The zero-order valence-corrected chi connectivity index (χ0v) is 13.9. The van der Waals surface area contributed by atoms with E-state index in [1.54, 1.807) is 6.08 Å². The summed E-state index contributed by atoms with van der Waals surface area (Å²) in [5.74, 6) is -0.125. The number of cyclic esters (lactones) is 1. The van der Waals surface area contributed by atoms with Gasteiger partial charge in [0.25, 0.3) is 0 Å². The molecular formula is C16H9Br2NO2. The van der Waals surface area contributed by atoms with Crippen molar-refractivity contribution >= 4 is 49.8 Å². The van der Waals surface area contributed by atoms with E-state index in [0.29, 0.717) is 11.6 Å². The van der Waals surface area contributed by atoms with E-state index in [0.717, 1.165) is 20.1 Å². The van der Waals surface area contributed by atoms with Gasteiger partial charge in [-0.2, -0.15) is 0 Å². The first-order valence-electron chi connectivity index (χ1n) is 6.16. The second-order valence-electron chi connectivity index (χ2n) is 4.37. The minimum absolute atomic E-state index is 0.295. The lowest BCUT2D eigenvalue weighted by Gasteiger charge is -2.01. The molecule has 0 bridgehead atoms. The van der Waals surface area contributed by atoms with Crippen LogP contribution in [0.15, 0.2) is 68.2 Å². The highest BCUT2D eigenvalue weighted by molar-refractivity contribution is 9.10. The Morgan fingerprint density at radius 3 is 2.43 bits per heavy atom. The van der Waals surface area contributed by atoms with Crippen LogP contribution in [0.25, 0.3) is 6.08 Å². The number of halogens is 2. The van der Waals surface area contributed by atoms with Crippen LogP contribution in [-0.4, -0.2) is 11.9 Å². The van der Waals surface area contributed by atoms with Crippen molar-refractivity contribution in [1.29, 1.82) is 0 Å². The van der Waals surface area contributed by atoms with Crippen molar-refractivity contribution in [2.45, 2.75) is 0 Å². The molecule has 2 aromatic rings. The molecule has 0 unspecified atom stereocenters.